The van der Waals surface area contributed by atoms with Crippen LogP contribution in [-0.2, 0) is 12.0 Å². The first-order chi connectivity index (χ1) is 6.18. The molecule has 1 rings (SSSR count). The van der Waals surface area contributed by atoms with Crippen LogP contribution in [0.5, 0.6) is 0 Å². The average Bonchev–Trinajstić information content (AvgIpc) is 2.29. The van der Waals surface area contributed by atoms with Gasteiger partial charge in [0.15, 0.2) is 5.82 Å². The normalized spacial score (nSPS) is 13.3. The standard InChI is InChI=1S/C9H18N4O/c1-8(2,3)13-11-7(10-12-13)6-9(4,5)14/h14H,6H2,1-5H3. The molecule has 0 saturated heterocycles. The Morgan fingerprint density at radius 1 is 1.21 bits per heavy atom. The van der Waals surface area contributed by atoms with Crippen LogP contribution in [0.4, 0.5) is 0 Å². The first kappa shape index (κ1) is 11.1. The van der Waals surface area contributed by atoms with Gasteiger partial charge in [-0.1, -0.05) is 0 Å². The van der Waals surface area contributed by atoms with Crippen LogP contribution in [0, 0.1) is 0 Å². The Kier molecular flexibility index (Phi) is 2.63. The molecule has 0 atom stereocenters. The molecule has 80 valence electrons. The van der Waals surface area contributed by atoms with Gasteiger partial charge in [-0.3, -0.25) is 0 Å². The van der Waals surface area contributed by atoms with Gasteiger partial charge in [0.25, 0.3) is 0 Å². The van der Waals surface area contributed by atoms with Gasteiger partial charge >= 0.3 is 0 Å². The van der Waals surface area contributed by atoms with Crippen molar-refractivity contribution in [2.75, 3.05) is 0 Å². The molecule has 5 heteroatoms. The topological polar surface area (TPSA) is 63.8 Å². The lowest BCUT2D eigenvalue weighted by Crippen LogP contribution is -2.26. The van der Waals surface area contributed by atoms with E-state index < -0.39 is 5.60 Å². The van der Waals surface area contributed by atoms with Crippen molar-refractivity contribution in [3.05, 3.63) is 5.82 Å². The minimum absolute atomic E-state index is 0.162. The van der Waals surface area contributed by atoms with E-state index in [1.54, 1.807) is 18.6 Å². The van der Waals surface area contributed by atoms with Crippen LogP contribution in [0.2, 0.25) is 0 Å². The van der Waals surface area contributed by atoms with E-state index in [0.29, 0.717) is 12.2 Å². The Bertz CT molecular complexity index is 305. The summed E-state index contributed by atoms with van der Waals surface area (Å²) in [5, 5.41) is 21.6. The van der Waals surface area contributed by atoms with E-state index in [1.807, 2.05) is 20.8 Å². The summed E-state index contributed by atoms with van der Waals surface area (Å²) in [5.74, 6) is 0.576. The third kappa shape index (κ3) is 3.06. The maximum atomic E-state index is 9.57. The highest BCUT2D eigenvalue weighted by molar-refractivity contribution is 4.86. The number of tetrazole rings is 1. The molecule has 0 amide bonds. The quantitative estimate of drug-likeness (QED) is 0.761. The van der Waals surface area contributed by atoms with Crippen molar-refractivity contribution in [3.63, 3.8) is 0 Å². The number of hydrogen-bond acceptors (Lipinski definition) is 4. The van der Waals surface area contributed by atoms with Crippen molar-refractivity contribution in [1.82, 2.24) is 20.2 Å². The van der Waals surface area contributed by atoms with Crippen LogP contribution in [0.1, 0.15) is 40.4 Å². The first-order valence-electron chi connectivity index (χ1n) is 4.70. The first-order valence-corrected chi connectivity index (χ1v) is 4.70. The number of rotatable bonds is 2. The molecule has 5 nitrogen and oxygen atoms in total. The van der Waals surface area contributed by atoms with Gasteiger partial charge in [0.05, 0.1) is 11.1 Å². The lowest BCUT2D eigenvalue weighted by Gasteiger charge is -2.16. The fourth-order valence-corrected chi connectivity index (χ4v) is 0.985. The molecular weight excluding hydrogens is 180 g/mol. The summed E-state index contributed by atoms with van der Waals surface area (Å²) < 4.78 is 0. The fraction of sp³-hybridized carbons (Fsp3) is 0.889. The summed E-state index contributed by atoms with van der Waals surface area (Å²) in [6.07, 6.45) is 0.420. The Morgan fingerprint density at radius 2 is 1.79 bits per heavy atom. The molecule has 1 aromatic heterocycles. The van der Waals surface area contributed by atoms with Crippen molar-refractivity contribution in [3.8, 4) is 0 Å². The molecule has 1 heterocycles. The van der Waals surface area contributed by atoms with E-state index in [4.69, 9.17) is 0 Å². The van der Waals surface area contributed by atoms with Gasteiger partial charge in [-0.2, -0.15) is 4.80 Å². The van der Waals surface area contributed by atoms with Crippen molar-refractivity contribution < 1.29 is 5.11 Å². The maximum absolute atomic E-state index is 9.57. The van der Waals surface area contributed by atoms with Crippen molar-refractivity contribution in [1.29, 1.82) is 0 Å². The number of aliphatic hydroxyl groups is 1. The van der Waals surface area contributed by atoms with Crippen LogP contribution in [0.25, 0.3) is 0 Å². The maximum Gasteiger partial charge on any atom is 0.177 e. The Morgan fingerprint density at radius 3 is 2.14 bits per heavy atom. The van der Waals surface area contributed by atoms with Crippen LogP contribution in [0.15, 0.2) is 0 Å². The average molecular weight is 198 g/mol. The second-order valence-corrected chi connectivity index (χ2v) is 5.16. The van der Waals surface area contributed by atoms with Gasteiger partial charge in [0.1, 0.15) is 0 Å². The summed E-state index contributed by atoms with van der Waals surface area (Å²) in [5.41, 5.74) is -0.948. The van der Waals surface area contributed by atoms with Crippen LogP contribution in [0.3, 0.4) is 0 Å². The van der Waals surface area contributed by atoms with Gasteiger partial charge in [-0.25, -0.2) is 0 Å². The highest BCUT2D eigenvalue weighted by Crippen LogP contribution is 2.11. The predicted octanol–water partition coefficient (Wildman–Crippen LogP) is 0.741. The largest absolute Gasteiger partial charge is 0.390 e. The van der Waals surface area contributed by atoms with E-state index in [-0.39, 0.29) is 5.54 Å². The third-order valence-electron chi connectivity index (χ3n) is 1.65. The fourth-order valence-electron chi connectivity index (χ4n) is 0.985. The molecule has 0 fully saturated rings. The summed E-state index contributed by atoms with van der Waals surface area (Å²) in [7, 11) is 0. The van der Waals surface area contributed by atoms with Gasteiger partial charge < -0.3 is 5.11 Å². The van der Waals surface area contributed by atoms with Crippen LogP contribution < -0.4 is 0 Å². The van der Waals surface area contributed by atoms with Crippen LogP contribution in [-0.4, -0.2) is 30.9 Å². The summed E-state index contributed by atoms with van der Waals surface area (Å²) >= 11 is 0. The summed E-state index contributed by atoms with van der Waals surface area (Å²) in [4.78, 5) is 1.56. The van der Waals surface area contributed by atoms with E-state index >= 15 is 0 Å². The second-order valence-electron chi connectivity index (χ2n) is 5.16. The summed E-state index contributed by atoms with van der Waals surface area (Å²) in [6.45, 7) is 9.46. The third-order valence-corrected chi connectivity index (χ3v) is 1.65. The molecule has 14 heavy (non-hydrogen) atoms. The molecule has 0 radical (unpaired) electrons. The van der Waals surface area contributed by atoms with Gasteiger partial charge in [0.2, 0.25) is 0 Å². The highest BCUT2D eigenvalue weighted by atomic mass is 16.3. The monoisotopic (exact) mass is 198 g/mol. The Balaban J connectivity index is 2.79. The lowest BCUT2D eigenvalue weighted by molar-refractivity contribution is 0.0785. The molecule has 1 N–H and O–H groups in total. The van der Waals surface area contributed by atoms with Gasteiger partial charge in [-0.15, -0.1) is 10.2 Å². The number of nitrogens with zero attached hydrogens (tertiary/aromatic N) is 4. The molecule has 0 aliphatic carbocycles. The molecule has 0 aliphatic rings. The predicted molar refractivity (Wildman–Crippen MR) is 52.8 cm³/mol. The van der Waals surface area contributed by atoms with Gasteiger partial charge in [-0.05, 0) is 39.8 Å². The van der Waals surface area contributed by atoms with E-state index in [9.17, 15) is 5.11 Å². The molecule has 1 aromatic rings. The van der Waals surface area contributed by atoms with Gasteiger partial charge in [0, 0.05) is 6.42 Å². The Labute approximate surface area is 84.1 Å². The highest BCUT2D eigenvalue weighted by Gasteiger charge is 2.20. The van der Waals surface area contributed by atoms with E-state index in [1.165, 1.54) is 0 Å². The van der Waals surface area contributed by atoms with E-state index in [2.05, 4.69) is 15.4 Å². The van der Waals surface area contributed by atoms with Crippen LogP contribution >= 0.6 is 0 Å². The smallest absolute Gasteiger partial charge is 0.177 e. The molecule has 0 spiro atoms. The van der Waals surface area contributed by atoms with Crippen molar-refractivity contribution >= 4 is 0 Å². The molecule has 0 saturated carbocycles. The minimum Gasteiger partial charge on any atom is -0.390 e. The minimum atomic E-state index is -0.786. The summed E-state index contributed by atoms with van der Waals surface area (Å²) in [6, 6.07) is 0. The lowest BCUT2D eigenvalue weighted by atomic mass is 10.1. The number of hydrogen-bond donors (Lipinski definition) is 1. The molecule has 0 aromatic carbocycles. The molecule has 0 aliphatic heterocycles. The van der Waals surface area contributed by atoms with Crippen molar-refractivity contribution in [2.24, 2.45) is 0 Å². The zero-order chi connectivity index (χ0) is 11.0. The molecular formula is C9H18N4O. The second kappa shape index (κ2) is 3.31. The zero-order valence-electron chi connectivity index (χ0n) is 9.44. The Hall–Kier alpha value is -0.970. The molecule has 0 unspecified atom stereocenters. The van der Waals surface area contributed by atoms with E-state index in [0.717, 1.165) is 0 Å². The SMILES string of the molecule is CC(C)(O)Cc1nnn(C(C)(C)C)n1. The van der Waals surface area contributed by atoms with Crippen molar-refractivity contribution in [2.45, 2.75) is 52.2 Å². The zero-order valence-corrected chi connectivity index (χ0v) is 9.44. The molecule has 0 bridgehead atoms. The number of aromatic nitrogens is 4.